The van der Waals surface area contributed by atoms with Crippen molar-refractivity contribution in [2.24, 2.45) is 4.99 Å². The Kier molecular flexibility index (Phi) is 8.16. The molecule has 0 unspecified atom stereocenters. The largest absolute Gasteiger partial charge is 0.444 e. The number of likely N-dealkylation sites (N-methyl/N-ethyl adjacent to an activating group) is 1. The topological polar surface area (TPSA) is 78.0 Å². The molecule has 1 fully saturated rings. The van der Waals surface area contributed by atoms with Gasteiger partial charge in [-0.3, -0.25) is 9.89 Å². The number of amides is 1. The Morgan fingerprint density at radius 1 is 1.17 bits per heavy atom. The summed E-state index contributed by atoms with van der Waals surface area (Å²) in [4.78, 5) is 18.2. The van der Waals surface area contributed by atoms with E-state index in [0.717, 1.165) is 31.6 Å². The minimum absolute atomic E-state index is 0.398. The van der Waals surface area contributed by atoms with E-state index in [1.54, 1.807) is 7.05 Å². The van der Waals surface area contributed by atoms with Gasteiger partial charge in [-0.1, -0.05) is 6.92 Å². The van der Waals surface area contributed by atoms with Gasteiger partial charge in [0.1, 0.15) is 5.60 Å². The molecule has 1 amide bonds. The number of alkyl carbamates (subject to hydrolysis) is 1. The lowest BCUT2D eigenvalue weighted by atomic mass is 10.2. The monoisotopic (exact) mass is 327 g/mol. The van der Waals surface area contributed by atoms with Crippen molar-refractivity contribution in [2.75, 3.05) is 39.8 Å². The van der Waals surface area contributed by atoms with Crippen molar-refractivity contribution in [3.63, 3.8) is 0 Å². The maximum absolute atomic E-state index is 11.5. The molecule has 0 heterocycles. The zero-order valence-corrected chi connectivity index (χ0v) is 15.2. The van der Waals surface area contributed by atoms with Gasteiger partial charge in [-0.15, -0.1) is 0 Å². The van der Waals surface area contributed by atoms with E-state index in [2.05, 4.69) is 32.8 Å². The third-order valence-corrected chi connectivity index (χ3v) is 3.47. The number of hydrogen-bond acceptors (Lipinski definition) is 4. The average molecular weight is 327 g/mol. The first-order chi connectivity index (χ1) is 10.9. The molecule has 7 heteroatoms. The van der Waals surface area contributed by atoms with Crippen LogP contribution >= 0.6 is 0 Å². The van der Waals surface area contributed by atoms with Crippen LogP contribution in [-0.2, 0) is 4.74 Å². The SMILES string of the molecule is CCN(CCNC(=NC)NCCNC(=O)OC(C)(C)C)C1CC1. The quantitative estimate of drug-likeness (QED) is 0.354. The van der Waals surface area contributed by atoms with Crippen molar-refractivity contribution in [1.29, 1.82) is 0 Å². The summed E-state index contributed by atoms with van der Waals surface area (Å²) < 4.78 is 5.17. The Hall–Kier alpha value is -1.50. The van der Waals surface area contributed by atoms with Gasteiger partial charge in [-0.25, -0.2) is 4.79 Å². The van der Waals surface area contributed by atoms with Crippen molar-refractivity contribution in [1.82, 2.24) is 20.9 Å². The first-order valence-corrected chi connectivity index (χ1v) is 8.51. The standard InChI is InChI=1S/C16H33N5O2/c1-6-21(13-7-8-13)12-11-19-14(17-5)18-9-10-20-15(22)23-16(2,3)4/h13H,6-12H2,1-5H3,(H,20,22)(H2,17,18,19). The minimum atomic E-state index is -0.470. The minimum Gasteiger partial charge on any atom is -0.444 e. The smallest absolute Gasteiger partial charge is 0.407 e. The van der Waals surface area contributed by atoms with Crippen LogP contribution in [0.3, 0.4) is 0 Å². The van der Waals surface area contributed by atoms with Crippen LogP contribution in [0.1, 0.15) is 40.5 Å². The van der Waals surface area contributed by atoms with Crippen LogP contribution in [0.15, 0.2) is 4.99 Å². The number of carbonyl (C=O) groups is 1. The highest BCUT2D eigenvalue weighted by Gasteiger charge is 2.27. The second-order valence-electron chi connectivity index (χ2n) is 6.71. The van der Waals surface area contributed by atoms with E-state index in [1.165, 1.54) is 12.8 Å². The van der Waals surface area contributed by atoms with E-state index in [1.807, 2.05) is 20.8 Å². The Labute approximate surface area is 140 Å². The molecule has 1 aliphatic rings. The molecule has 1 saturated carbocycles. The molecule has 3 N–H and O–H groups in total. The van der Waals surface area contributed by atoms with Gasteiger partial charge in [0.15, 0.2) is 5.96 Å². The lowest BCUT2D eigenvalue weighted by molar-refractivity contribution is 0.0529. The van der Waals surface area contributed by atoms with E-state index in [9.17, 15) is 4.79 Å². The van der Waals surface area contributed by atoms with Crippen molar-refractivity contribution in [2.45, 2.75) is 52.2 Å². The van der Waals surface area contributed by atoms with Gasteiger partial charge in [0.2, 0.25) is 0 Å². The molecule has 1 aliphatic carbocycles. The van der Waals surface area contributed by atoms with E-state index in [4.69, 9.17) is 4.74 Å². The van der Waals surface area contributed by atoms with Gasteiger partial charge >= 0.3 is 6.09 Å². The number of hydrogen-bond donors (Lipinski definition) is 3. The maximum Gasteiger partial charge on any atom is 0.407 e. The zero-order chi connectivity index (χ0) is 17.3. The second-order valence-corrected chi connectivity index (χ2v) is 6.71. The Bertz CT molecular complexity index is 388. The Morgan fingerprint density at radius 2 is 1.78 bits per heavy atom. The van der Waals surface area contributed by atoms with Crippen LogP contribution in [-0.4, -0.2) is 68.4 Å². The van der Waals surface area contributed by atoms with Gasteiger partial charge in [0.25, 0.3) is 0 Å². The van der Waals surface area contributed by atoms with Crippen molar-refractivity contribution < 1.29 is 9.53 Å². The van der Waals surface area contributed by atoms with Crippen LogP contribution in [0.4, 0.5) is 4.79 Å². The summed E-state index contributed by atoms with van der Waals surface area (Å²) >= 11 is 0. The highest BCUT2D eigenvalue weighted by atomic mass is 16.6. The van der Waals surface area contributed by atoms with E-state index < -0.39 is 11.7 Å². The van der Waals surface area contributed by atoms with E-state index in [0.29, 0.717) is 13.1 Å². The predicted octanol–water partition coefficient (Wildman–Crippen LogP) is 1.16. The van der Waals surface area contributed by atoms with E-state index in [-0.39, 0.29) is 0 Å². The molecule has 0 bridgehead atoms. The summed E-state index contributed by atoms with van der Waals surface area (Å²) in [5.41, 5.74) is -0.470. The molecule has 0 spiro atoms. The number of nitrogens with zero attached hydrogens (tertiary/aromatic N) is 2. The third kappa shape index (κ3) is 9.28. The first-order valence-electron chi connectivity index (χ1n) is 8.51. The summed E-state index contributed by atoms with van der Waals surface area (Å²) in [6.45, 7) is 11.8. The summed E-state index contributed by atoms with van der Waals surface area (Å²) in [6.07, 6.45) is 2.26. The van der Waals surface area contributed by atoms with Crippen LogP contribution < -0.4 is 16.0 Å². The molecule has 0 aliphatic heterocycles. The van der Waals surface area contributed by atoms with Gasteiger partial charge in [-0.05, 0) is 40.2 Å². The van der Waals surface area contributed by atoms with Gasteiger partial charge in [-0.2, -0.15) is 0 Å². The molecule has 0 aromatic rings. The highest BCUT2D eigenvalue weighted by Crippen LogP contribution is 2.25. The first kappa shape index (κ1) is 19.5. The molecular weight excluding hydrogens is 294 g/mol. The normalized spacial score (nSPS) is 15.5. The maximum atomic E-state index is 11.5. The lowest BCUT2D eigenvalue weighted by Gasteiger charge is -2.21. The molecule has 1 rings (SSSR count). The number of rotatable bonds is 8. The number of aliphatic imine (C=N–C) groups is 1. The summed E-state index contributed by atoms with van der Waals surface area (Å²) in [7, 11) is 1.75. The number of carbonyl (C=O) groups excluding carboxylic acids is 1. The Balaban J connectivity index is 2.10. The van der Waals surface area contributed by atoms with E-state index >= 15 is 0 Å². The summed E-state index contributed by atoms with van der Waals surface area (Å²) in [5.74, 6) is 0.753. The summed E-state index contributed by atoms with van der Waals surface area (Å²) in [5, 5.41) is 9.18. The number of ether oxygens (including phenoxy) is 1. The second kappa shape index (κ2) is 9.60. The average Bonchev–Trinajstić information content (AvgIpc) is 3.28. The fourth-order valence-electron chi connectivity index (χ4n) is 2.24. The lowest BCUT2D eigenvalue weighted by Crippen LogP contribution is -2.44. The Morgan fingerprint density at radius 3 is 2.30 bits per heavy atom. The van der Waals surface area contributed by atoms with Gasteiger partial charge in [0, 0.05) is 39.3 Å². The van der Waals surface area contributed by atoms with Gasteiger partial charge in [0.05, 0.1) is 0 Å². The molecule has 0 aromatic carbocycles. The molecule has 7 nitrogen and oxygen atoms in total. The molecule has 134 valence electrons. The number of nitrogens with one attached hydrogen (secondary N) is 3. The highest BCUT2D eigenvalue weighted by molar-refractivity contribution is 5.79. The van der Waals surface area contributed by atoms with Crippen molar-refractivity contribution in [3.05, 3.63) is 0 Å². The molecule has 0 saturated heterocycles. The molecule has 0 radical (unpaired) electrons. The summed E-state index contributed by atoms with van der Waals surface area (Å²) in [6, 6.07) is 0.787. The molecule has 23 heavy (non-hydrogen) atoms. The third-order valence-electron chi connectivity index (χ3n) is 3.47. The number of guanidine groups is 1. The zero-order valence-electron chi connectivity index (χ0n) is 15.2. The van der Waals surface area contributed by atoms with Gasteiger partial charge < -0.3 is 20.7 Å². The molecule has 0 atom stereocenters. The van der Waals surface area contributed by atoms with Crippen LogP contribution in [0.25, 0.3) is 0 Å². The molecular formula is C16H33N5O2. The fraction of sp³-hybridized carbons (Fsp3) is 0.875. The van der Waals surface area contributed by atoms with Crippen LogP contribution in [0.2, 0.25) is 0 Å². The molecule has 0 aromatic heterocycles. The van der Waals surface area contributed by atoms with Crippen molar-refractivity contribution >= 4 is 12.1 Å². The predicted molar refractivity (Wildman–Crippen MR) is 93.9 cm³/mol. The van der Waals surface area contributed by atoms with Crippen LogP contribution in [0, 0.1) is 0 Å². The van der Waals surface area contributed by atoms with Crippen LogP contribution in [0.5, 0.6) is 0 Å². The fourth-order valence-corrected chi connectivity index (χ4v) is 2.24. The van der Waals surface area contributed by atoms with Crippen molar-refractivity contribution in [3.8, 4) is 0 Å².